The molecule has 0 fully saturated rings. The Morgan fingerprint density at radius 2 is 1.79 bits per heavy atom. The number of aromatic nitrogens is 1. The molecule has 0 bridgehead atoms. The molecule has 4 rings (SSSR count). The number of carboxylic acid groups (broad SMARTS) is 1. The van der Waals surface area contributed by atoms with Gasteiger partial charge >= 0.3 is 5.97 Å². The Bertz CT molecular complexity index is 1160. The van der Waals surface area contributed by atoms with Gasteiger partial charge in [-0.15, -0.1) is 0 Å². The van der Waals surface area contributed by atoms with Crippen LogP contribution in [0.3, 0.4) is 0 Å². The summed E-state index contributed by atoms with van der Waals surface area (Å²) in [4.78, 5) is 11.7. The summed E-state index contributed by atoms with van der Waals surface area (Å²) >= 11 is 6.20. The van der Waals surface area contributed by atoms with Crippen LogP contribution in [-0.2, 0) is 11.3 Å². The van der Waals surface area contributed by atoms with Crippen molar-refractivity contribution >= 4 is 28.5 Å². The topological polar surface area (TPSA) is 42.2 Å². The smallest absolute Gasteiger partial charge is 0.304 e. The molecule has 0 aliphatic rings. The SMILES string of the molecule is Cc1ccc(Cn2cc(C(CC(=O)O)c3cccc(Cl)c3)c3ccccc32)cc1. The maximum atomic E-state index is 11.7. The molecule has 0 spiro atoms. The van der Waals surface area contributed by atoms with Gasteiger partial charge in [0.05, 0.1) is 6.42 Å². The summed E-state index contributed by atoms with van der Waals surface area (Å²) in [6.07, 6.45) is 2.11. The van der Waals surface area contributed by atoms with Crippen LogP contribution in [0.25, 0.3) is 10.9 Å². The summed E-state index contributed by atoms with van der Waals surface area (Å²) in [5, 5.41) is 11.3. The van der Waals surface area contributed by atoms with E-state index < -0.39 is 5.97 Å². The summed E-state index contributed by atoms with van der Waals surface area (Å²) in [5.74, 6) is -1.10. The molecule has 146 valence electrons. The van der Waals surface area contributed by atoms with Crippen LogP contribution in [0.15, 0.2) is 79.0 Å². The number of carbonyl (C=O) groups is 1. The number of fused-ring (bicyclic) bond motifs is 1. The highest BCUT2D eigenvalue weighted by Gasteiger charge is 2.22. The van der Waals surface area contributed by atoms with Gasteiger partial charge in [0.15, 0.2) is 0 Å². The first-order chi connectivity index (χ1) is 14.0. The molecule has 0 saturated heterocycles. The van der Waals surface area contributed by atoms with E-state index in [0.717, 1.165) is 28.6 Å². The Morgan fingerprint density at radius 1 is 1.03 bits per heavy atom. The molecular weight excluding hydrogens is 382 g/mol. The highest BCUT2D eigenvalue weighted by molar-refractivity contribution is 6.30. The monoisotopic (exact) mass is 403 g/mol. The van der Waals surface area contributed by atoms with Gasteiger partial charge in [0.2, 0.25) is 0 Å². The zero-order chi connectivity index (χ0) is 20.4. The van der Waals surface area contributed by atoms with Crippen molar-refractivity contribution in [3.05, 3.63) is 106 Å². The lowest BCUT2D eigenvalue weighted by molar-refractivity contribution is -0.137. The van der Waals surface area contributed by atoms with Crippen LogP contribution in [0, 0.1) is 6.92 Å². The fourth-order valence-electron chi connectivity index (χ4n) is 3.88. The Labute approximate surface area is 175 Å². The number of hydrogen-bond donors (Lipinski definition) is 1. The van der Waals surface area contributed by atoms with Gasteiger partial charge < -0.3 is 9.67 Å². The van der Waals surface area contributed by atoms with Crippen LogP contribution in [-0.4, -0.2) is 15.6 Å². The van der Waals surface area contributed by atoms with Crippen molar-refractivity contribution < 1.29 is 9.90 Å². The lowest BCUT2D eigenvalue weighted by Crippen LogP contribution is -2.08. The second-order valence-corrected chi connectivity index (χ2v) is 7.86. The van der Waals surface area contributed by atoms with Crippen molar-refractivity contribution in [3.63, 3.8) is 0 Å². The quantitative estimate of drug-likeness (QED) is 0.413. The lowest BCUT2D eigenvalue weighted by atomic mass is 9.88. The molecule has 0 amide bonds. The highest BCUT2D eigenvalue weighted by atomic mass is 35.5. The summed E-state index contributed by atoms with van der Waals surface area (Å²) in [5.41, 5.74) is 5.46. The Morgan fingerprint density at radius 3 is 2.52 bits per heavy atom. The van der Waals surface area contributed by atoms with E-state index >= 15 is 0 Å². The molecule has 4 aromatic rings. The number of carboxylic acids is 1. The van der Waals surface area contributed by atoms with Crippen molar-refractivity contribution in [2.24, 2.45) is 0 Å². The van der Waals surface area contributed by atoms with Crippen LogP contribution in [0.4, 0.5) is 0 Å². The molecule has 0 saturated carbocycles. The first-order valence-electron chi connectivity index (χ1n) is 9.62. The average Bonchev–Trinajstić information content (AvgIpc) is 3.06. The van der Waals surface area contributed by atoms with Gasteiger partial charge in [0.1, 0.15) is 0 Å². The molecule has 1 unspecified atom stereocenters. The van der Waals surface area contributed by atoms with E-state index in [4.69, 9.17) is 11.6 Å². The fraction of sp³-hybridized carbons (Fsp3) is 0.160. The minimum absolute atomic E-state index is 0.0128. The zero-order valence-electron chi connectivity index (χ0n) is 16.2. The minimum atomic E-state index is -0.828. The molecule has 1 aromatic heterocycles. The third kappa shape index (κ3) is 4.20. The average molecular weight is 404 g/mol. The number of benzene rings is 3. The number of hydrogen-bond acceptors (Lipinski definition) is 1. The van der Waals surface area contributed by atoms with Crippen LogP contribution < -0.4 is 0 Å². The number of para-hydroxylation sites is 1. The van der Waals surface area contributed by atoms with Crippen molar-refractivity contribution in [2.75, 3.05) is 0 Å². The van der Waals surface area contributed by atoms with Gasteiger partial charge in [0, 0.05) is 34.6 Å². The maximum absolute atomic E-state index is 11.7. The first kappa shape index (κ1) is 19.3. The molecular formula is C25H22ClNO2. The summed E-state index contributed by atoms with van der Waals surface area (Å²) in [6, 6.07) is 24.2. The summed E-state index contributed by atoms with van der Waals surface area (Å²) in [6.45, 7) is 2.81. The van der Waals surface area contributed by atoms with E-state index in [1.54, 1.807) is 0 Å². The van der Waals surface area contributed by atoms with Gasteiger partial charge in [-0.25, -0.2) is 0 Å². The minimum Gasteiger partial charge on any atom is -0.481 e. The van der Waals surface area contributed by atoms with Crippen LogP contribution in [0.1, 0.15) is 34.6 Å². The molecule has 29 heavy (non-hydrogen) atoms. The standard InChI is InChI=1S/C25H22ClNO2/c1-17-9-11-18(12-10-17)15-27-16-23(21-7-2-3-8-24(21)27)22(14-25(28)29)19-5-4-6-20(26)13-19/h2-13,16,22H,14-15H2,1H3,(H,28,29). The van der Waals surface area contributed by atoms with Crippen molar-refractivity contribution in [3.8, 4) is 0 Å². The lowest BCUT2D eigenvalue weighted by Gasteiger charge is -2.15. The predicted molar refractivity (Wildman–Crippen MR) is 118 cm³/mol. The normalized spacial score (nSPS) is 12.2. The van der Waals surface area contributed by atoms with Crippen molar-refractivity contribution in [1.29, 1.82) is 0 Å². The molecule has 3 aromatic carbocycles. The van der Waals surface area contributed by atoms with Crippen LogP contribution in [0.5, 0.6) is 0 Å². The maximum Gasteiger partial charge on any atom is 0.304 e. The fourth-order valence-corrected chi connectivity index (χ4v) is 4.08. The van der Waals surface area contributed by atoms with Gasteiger partial charge in [-0.1, -0.05) is 71.8 Å². The van der Waals surface area contributed by atoms with Gasteiger partial charge in [-0.05, 0) is 41.8 Å². The number of rotatable bonds is 6. The van der Waals surface area contributed by atoms with Crippen LogP contribution >= 0.6 is 11.6 Å². The highest BCUT2D eigenvalue weighted by Crippen LogP contribution is 2.36. The molecule has 1 N–H and O–H groups in total. The largest absolute Gasteiger partial charge is 0.481 e. The third-order valence-electron chi connectivity index (χ3n) is 5.30. The van der Waals surface area contributed by atoms with Crippen molar-refractivity contribution in [1.82, 2.24) is 4.57 Å². The van der Waals surface area contributed by atoms with E-state index in [2.05, 4.69) is 54.1 Å². The van der Waals surface area contributed by atoms with E-state index in [1.807, 2.05) is 36.4 Å². The van der Waals surface area contributed by atoms with Gasteiger partial charge in [-0.3, -0.25) is 4.79 Å². The molecule has 0 radical (unpaired) electrons. The molecule has 1 heterocycles. The van der Waals surface area contributed by atoms with E-state index in [1.165, 1.54) is 11.1 Å². The summed E-state index contributed by atoms with van der Waals surface area (Å²) in [7, 11) is 0. The first-order valence-corrected chi connectivity index (χ1v) is 9.99. The second-order valence-electron chi connectivity index (χ2n) is 7.42. The molecule has 0 aliphatic heterocycles. The number of halogens is 1. The summed E-state index contributed by atoms with van der Waals surface area (Å²) < 4.78 is 2.20. The Hall–Kier alpha value is -3.04. The zero-order valence-corrected chi connectivity index (χ0v) is 16.9. The second kappa shape index (κ2) is 8.14. The van der Waals surface area contributed by atoms with Crippen LogP contribution in [0.2, 0.25) is 5.02 Å². The Kier molecular flexibility index (Phi) is 5.41. The third-order valence-corrected chi connectivity index (χ3v) is 5.53. The number of aryl methyl sites for hydroxylation is 1. The van der Waals surface area contributed by atoms with Crippen molar-refractivity contribution in [2.45, 2.75) is 25.8 Å². The van der Waals surface area contributed by atoms with E-state index in [-0.39, 0.29) is 12.3 Å². The van der Waals surface area contributed by atoms with E-state index in [9.17, 15) is 9.90 Å². The Balaban J connectivity index is 1.83. The predicted octanol–water partition coefficient (Wildman–Crippen LogP) is 6.26. The molecule has 1 atom stereocenters. The van der Waals surface area contributed by atoms with E-state index in [0.29, 0.717) is 5.02 Å². The van der Waals surface area contributed by atoms with Gasteiger partial charge in [0.25, 0.3) is 0 Å². The van der Waals surface area contributed by atoms with Gasteiger partial charge in [-0.2, -0.15) is 0 Å². The molecule has 0 aliphatic carbocycles. The number of nitrogens with zero attached hydrogens (tertiary/aromatic N) is 1. The number of aliphatic carboxylic acids is 1. The molecule has 4 heteroatoms. The molecule has 3 nitrogen and oxygen atoms in total.